The third-order valence-electron chi connectivity index (χ3n) is 4.32. The molecule has 0 spiro atoms. The molecule has 5 heteroatoms. The molecule has 0 bridgehead atoms. The van der Waals surface area contributed by atoms with Crippen molar-refractivity contribution in [3.05, 3.63) is 96.1 Å². The molecule has 3 aromatic rings. The largest absolute Gasteiger partial charge is 0.445 e. The molecule has 3 rings (SSSR count). The van der Waals surface area contributed by atoms with Crippen molar-refractivity contribution in [2.24, 2.45) is 0 Å². The molecular weight excluding hydrogens is 364 g/mol. The maximum absolute atomic E-state index is 11.6. The van der Waals surface area contributed by atoms with Crippen LogP contribution in [0, 0.1) is 0 Å². The summed E-state index contributed by atoms with van der Waals surface area (Å²) in [6, 6.07) is 28.2. The molecule has 0 aliphatic rings. The maximum atomic E-state index is 11.6. The van der Waals surface area contributed by atoms with Crippen molar-refractivity contribution >= 4 is 6.09 Å². The van der Waals surface area contributed by atoms with Gasteiger partial charge in [-0.2, -0.15) is 5.48 Å². The predicted molar refractivity (Wildman–Crippen MR) is 114 cm³/mol. The van der Waals surface area contributed by atoms with E-state index < -0.39 is 6.09 Å². The summed E-state index contributed by atoms with van der Waals surface area (Å²) in [5.41, 5.74) is 7.46. The van der Waals surface area contributed by atoms with Crippen LogP contribution in [-0.4, -0.2) is 19.2 Å². The van der Waals surface area contributed by atoms with E-state index in [9.17, 15) is 4.79 Å². The van der Waals surface area contributed by atoms with Gasteiger partial charge in [-0.1, -0.05) is 78.9 Å². The number of hydrogen-bond donors (Lipinski definition) is 2. The fourth-order valence-corrected chi connectivity index (χ4v) is 2.81. The number of amides is 1. The van der Waals surface area contributed by atoms with Gasteiger partial charge in [-0.3, -0.25) is 0 Å². The van der Waals surface area contributed by atoms with E-state index in [0.29, 0.717) is 26.1 Å². The van der Waals surface area contributed by atoms with Crippen LogP contribution in [0.5, 0.6) is 0 Å². The van der Waals surface area contributed by atoms with Crippen LogP contribution < -0.4 is 10.8 Å². The van der Waals surface area contributed by atoms with Crippen LogP contribution in [0.3, 0.4) is 0 Å². The second-order valence-electron chi connectivity index (χ2n) is 6.58. The lowest BCUT2D eigenvalue weighted by molar-refractivity contribution is 0.0350. The highest BCUT2D eigenvalue weighted by Crippen LogP contribution is 2.19. The van der Waals surface area contributed by atoms with Gasteiger partial charge in [-0.05, 0) is 34.7 Å². The van der Waals surface area contributed by atoms with Gasteiger partial charge in [0.15, 0.2) is 0 Å². The van der Waals surface area contributed by atoms with Crippen molar-refractivity contribution in [1.82, 2.24) is 10.8 Å². The molecule has 5 nitrogen and oxygen atoms in total. The molecule has 0 aliphatic heterocycles. The van der Waals surface area contributed by atoms with Crippen molar-refractivity contribution in [3.8, 4) is 11.1 Å². The minimum atomic E-state index is -0.417. The van der Waals surface area contributed by atoms with Crippen molar-refractivity contribution in [3.63, 3.8) is 0 Å². The smallest absolute Gasteiger partial charge is 0.407 e. The van der Waals surface area contributed by atoms with Gasteiger partial charge in [-0.15, -0.1) is 0 Å². The number of ether oxygens (including phenoxy) is 1. The third kappa shape index (κ3) is 7.41. The Morgan fingerprint density at radius 2 is 1.48 bits per heavy atom. The number of rotatable bonds is 10. The van der Waals surface area contributed by atoms with E-state index in [4.69, 9.17) is 9.57 Å². The van der Waals surface area contributed by atoms with E-state index in [1.807, 2.05) is 54.6 Å². The summed E-state index contributed by atoms with van der Waals surface area (Å²) in [7, 11) is 0. The van der Waals surface area contributed by atoms with Crippen molar-refractivity contribution in [2.75, 3.05) is 13.2 Å². The van der Waals surface area contributed by atoms with Crippen molar-refractivity contribution in [2.45, 2.75) is 19.6 Å². The lowest BCUT2D eigenvalue weighted by atomic mass is 10.0. The van der Waals surface area contributed by atoms with Gasteiger partial charge in [0.25, 0.3) is 0 Å². The highest BCUT2D eigenvalue weighted by molar-refractivity contribution is 5.67. The number of nitrogens with one attached hydrogen (secondary N) is 2. The van der Waals surface area contributed by atoms with Crippen molar-refractivity contribution < 1.29 is 14.4 Å². The molecule has 0 atom stereocenters. The zero-order valence-corrected chi connectivity index (χ0v) is 16.3. The Morgan fingerprint density at radius 1 is 0.793 bits per heavy atom. The second kappa shape index (κ2) is 11.6. The van der Waals surface area contributed by atoms with Crippen LogP contribution in [0.4, 0.5) is 4.79 Å². The Morgan fingerprint density at radius 3 is 2.28 bits per heavy atom. The van der Waals surface area contributed by atoms with Crippen LogP contribution >= 0.6 is 0 Å². The molecule has 0 saturated carbocycles. The normalized spacial score (nSPS) is 10.5. The van der Waals surface area contributed by atoms with Crippen LogP contribution in [-0.2, 0) is 22.7 Å². The van der Waals surface area contributed by atoms with Crippen molar-refractivity contribution in [1.29, 1.82) is 0 Å². The first-order chi connectivity index (χ1) is 14.3. The average Bonchev–Trinajstić information content (AvgIpc) is 2.78. The summed E-state index contributed by atoms with van der Waals surface area (Å²) in [5.74, 6) is 0. The van der Waals surface area contributed by atoms with E-state index in [0.717, 1.165) is 11.1 Å². The summed E-state index contributed by atoms with van der Waals surface area (Å²) in [6.45, 7) is 1.89. The Balaban J connectivity index is 1.26. The standard InChI is InChI=1S/C24H26N2O3/c27-24(28-19-20-9-3-1-4-10-20)25-15-8-16-29-26-18-21-11-7-14-23(17-21)22-12-5-2-6-13-22/h1-7,9-14,17,26H,8,15-16,18-19H2,(H,25,27). The van der Waals surface area contributed by atoms with E-state index >= 15 is 0 Å². The first-order valence-corrected chi connectivity index (χ1v) is 9.75. The lowest BCUT2D eigenvalue weighted by Crippen LogP contribution is -2.26. The number of alkyl carbamates (subject to hydrolysis) is 1. The average molecular weight is 390 g/mol. The van der Waals surface area contributed by atoms with Crippen LogP contribution in [0.25, 0.3) is 11.1 Å². The highest BCUT2D eigenvalue weighted by Gasteiger charge is 2.02. The zero-order chi connectivity index (χ0) is 20.2. The minimum Gasteiger partial charge on any atom is -0.445 e. The Kier molecular flexibility index (Phi) is 8.26. The maximum Gasteiger partial charge on any atom is 0.407 e. The molecule has 150 valence electrons. The van der Waals surface area contributed by atoms with E-state index in [-0.39, 0.29) is 6.61 Å². The quantitative estimate of drug-likeness (QED) is 0.389. The molecule has 0 unspecified atom stereocenters. The first kappa shape index (κ1) is 20.6. The summed E-state index contributed by atoms with van der Waals surface area (Å²) in [5, 5.41) is 2.72. The topological polar surface area (TPSA) is 59.6 Å². The lowest BCUT2D eigenvalue weighted by Gasteiger charge is -2.09. The summed E-state index contributed by atoms with van der Waals surface area (Å²) in [6.07, 6.45) is 0.275. The fourth-order valence-electron chi connectivity index (χ4n) is 2.81. The molecular formula is C24H26N2O3. The van der Waals surface area contributed by atoms with Gasteiger partial charge < -0.3 is 14.9 Å². The number of benzene rings is 3. The molecule has 0 fully saturated rings. The van der Waals surface area contributed by atoms with Gasteiger partial charge in [0.2, 0.25) is 0 Å². The highest BCUT2D eigenvalue weighted by atomic mass is 16.6. The van der Waals surface area contributed by atoms with E-state index in [1.165, 1.54) is 11.1 Å². The van der Waals surface area contributed by atoms with E-state index in [1.54, 1.807) is 0 Å². The summed E-state index contributed by atoms with van der Waals surface area (Å²) >= 11 is 0. The van der Waals surface area contributed by atoms with Gasteiger partial charge in [0, 0.05) is 13.1 Å². The molecule has 1 amide bonds. The minimum absolute atomic E-state index is 0.271. The Labute approximate surface area is 171 Å². The molecule has 0 saturated heterocycles. The molecule has 0 heterocycles. The molecule has 0 aliphatic carbocycles. The third-order valence-corrected chi connectivity index (χ3v) is 4.32. The van der Waals surface area contributed by atoms with Crippen LogP contribution in [0.2, 0.25) is 0 Å². The monoisotopic (exact) mass is 390 g/mol. The summed E-state index contributed by atoms with van der Waals surface area (Å²) in [4.78, 5) is 17.1. The number of hydroxylamine groups is 1. The molecule has 0 aromatic heterocycles. The van der Waals surface area contributed by atoms with Gasteiger partial charge in [0.05, 0.1) is 6.61 Å². The SMILES string of the molecule is O=C(NCCCONCc1cccc(-c2ccccc2)c1)OCc1ccccc1. The molecule has 3 aromatic carbocycles. The first-order valence-electron chi connectivity index (χ1n) is 9.75. The van der Waals surface area contributed by atoms with Crippen LogP contribution in [0.1, 0.15) is 17.5 Å². The fraction of sp³-hybridized carbons (Fsp3) is 0.208. The zero-order valence-electron chi connectivity index (χ0n) is 16.3. The Hall–Kier alpha value is -3.15. The molecule has 29 heavy (non-hydrogen) atoms. The predicted octanol–water partition coefficient (Wildman–Crippen LogP) is 4.69. The number of carbonyl (C=O) groups excluding carboxylic acids is 1. The number of hydrogen-bond acceptors (Lipinski definition) is 4. The van der Waals surface area contributed by atoms with E-state index in [2.05, 4.69) is 41.1 Å². The molecule has 2 N–H and O–H groups in total. The van der Waals surface area contributed by atoms with Gasteiger partial charge >= 0.3 is 6.09 Å². The second-order valence-corrected chi connectivity index (χ2v) is 6.58. The number of carbonyl (C=O) groups is 1. The molecule has 0 radical (unpaired) electrons. The summed E-state index contributed by atoms with van der Waals surface area (Å²) < 4.78 is 5.15. The van der Waals surface area contributed by atoms with Gasteiger partial charge in [0.1, 0.15) is 6.61 Å². The Bertz CT molecular complexity index is 870. The van der Waals surface area contributed by atoms with Gasteiger partial charge in [-0.25, -0.2) is 4.79 Å². The van der Waals surface area contributed by atoms with Crippen LogP contribution in [0.15, 0.2) is 84.9 Å².